The van der Waals surface area contributed by atoms with E-state index in [-0.39, 0.29) is 0 Å². The van der Waals surface area contributed by atoms with E-state index in [9.17, 15) is 0 Å². The smallest absolute Gasteiger partial charge is 0.376 e. The molecule has 0 aliphatic heterocycles. The molecule has 0 aromatic carbocycles. The quantitative estimate of drug-likeness (QED) is 0.510. The van der Waals surface area contributed by atoms with Crippen LogP contribution in [0.1, 0.15) is 20.8 Å². The van der Waals surface area contributed by atoms with Crippen LogP contribution in [-0.2, 0) is 13.3 Å². The predicted octanol–water partition coefficient (Wildman–Crippen LogP) is 1.74. The van der Waals surface area contributed by atoms with Crippen molar-refractivity contribution < 1.29 is 13.3 Å². The summed E-state index contributed by atoms with van der Waals surface area (Å²) >= 11 is 0. The van der Waals surface area contributed by atoms with Crippen LogP contribution in [0, 0.1) is 0 Å². The van der Waals surface area contributed by atoms with E-state index in [1.165, 1.54) is 0 Å². The summed E-state index contributed by atoms with van der Waals surface area (Å²) in [5.74, 6) is 0. The Morgan fingerprint density at radius 1 is 0.846 bits per heavy atom. The Kier molecular flexibility index (Phi) is 18.5. The van der Waals surface area contributed by atoms with E-state index in [1.807, 2.05) is 20.8 Å². The molecule has 0 aromatic heterocycles. The SMILES string of the molecule is CCO[SiH](OCC)OCC.CPC. The molecule has 0 unspecified atom stereocenters. The van der Waals surface area contributed by atoms with Crippen LogP contribution in [-0.4, -0.2) is 42.7 Å². The maximum atomic E-state index is 5.22. The van der Waals surface area contributed by atoms with Crippen LogP contribution >= 0.6 is 8.58 Å². The molecule has 5 heteroatoms. The summed E-state index contributed by atoms with van der Waals surface area (Å²) in [6.45, 7) is 12.2. The molecule has 0 spiro atoms. The van der Waals surface area contributed by atoms with Gasteiger partial charge in [0.15, 0.2) is 0 Å². The lowest BCUT2D eigenvalue weighted by atomic mass is 10.9. The summed E-state index contributed by atoms with van der Waals surface area (Å²) in [6.07, 6.45) is 0. The fourth-order valence-electron chi connectivity index (χ4n) is 0.553. The van der Waals surface area contributed by atoms with Crippen molar-refractivity contribution in [2.24, 2.45) is 0 Å². The monoisotopic (exact) mass is 226 g/mol. The van der Waals surface area contributed by atoms with E-state index in [1.54, 1.807) is 0 Å². The Morgan fingerprint density at radius 3 is 1.23 bits per heavy atom. The normalized spacial score (nSPS) is 9.69. The van der Waals surface area contributed by atoms with Gasteiger partial charge in [-0.15, -0.1) is 8.58 Å². The molecule has 0 aliphatic carbocycles. The fraction of sp³-hybridized carbons (Fsp3) is 1.00. The van der Waals surface area contributed by atoms with Crippen molar-refractivity contribution in [1.82, 2.24) is 0 Å². The van der Waals surface area contributed by atoms with Crippen LogP contribution in [0.3, 0.4) is 0 Å². The molecule has 0 amide bonds. The van der Waals surface area contributed by atoms with Crippen molar-refractivity contribution in [3.63, 3.8) is 0 Å². The minimum Gasteiger partial charge on any atom is -0.376 e. The zero-order valence-corrected chi connectivity index (χ0v) is 11.6. The van der Waals surface area contributed by atoms with Gasteiger partial charge >= 0.3 is 9.53 Å². The first kappa shape index (κ1) is 16.0. The Labute approximate surface area is 85.9 Å². The predicted molar refractivity (Wildman–Crippen MR) is 62.2 cm³/mol. The molecular formula is C8H23O3PSi. The summed E-state index contributed by atoms with van der Waals surface area (Å²) in [5.41, 5.74) is 0. The molecule has 0 rings (SSSR count). The Balaban J connectivity index is 0. The molecule has 0 radical (unpaired) electrons. The van der Waals surface area contributed by atoms with Crippen molar-refractivity contribution in [1.29, 1.82) is 0 Å². The van der Waals surface area contributed by atoms with Crippen molar-refractivity contribution in [2.75, 3.05) is 33.2 Å². The van der Waals surface area contributed by atoms with Gasteiger partial charge in [0.2, 0.25) is 0 Å². The molecule has 0 aromatic rings. The van der Waals surface area contributed by atoms with Crippen molar-refractivity contribution >= 4 is 18.1 Å². The average molecular weight is 226 g/mol. The fourth-order valence-corrected chi connectivity index (χ4v) is 1.66. The minimum absolute atomic E-state index is 0.677. The number of rotatable bonds is 6. The highest BCUT2D eigenvalue weighted by molar-refractivity contribution is 7.35. The van der Waals surface area contributed by atoms with Gasteiger partial charge in [-0.25, -0.2) is 0 Å². The summed E-state index contributed by atoms with van der Waals surface area (Å²) in [5, 5.41) is 0. The molecule has 3 nitrogen and oxygen atoms in total. The van der Waals surface area contributed by atoms with E-state index in [0.717, 1.165) is 8.58 Å². The molecule has 0 saturated carbocycles. The van der Waals surface area contributed by atoms with Gasteiger partial charge < -0.3 is 13.3 Å². The Hall–Kier alpha value is 0.527. The maximum Gasteiger partial charge on any atom is 0.484 e. The lowest BCUT2D eigenvalue weighted by Gasteiger charge is -2.12. The summed E-state index contributed by atoms with van der Waals surface area (Å²) in [4.78, 5) is 0. The van der Waals surface area contributed by atoms with Crippen LogP contribution < -0.4 is 0 Å². The van der Waals surface area contributed by atoms with E-state index < -0.39 is 9.53 Å². The van der Waals surface area contributed by atoms with Crippen LogP contribution in [0.2, 0.25) is 0 Å². The highest BCUT2D eigenvalue weighted by atomic mass is 31.1. The van der Waals surface area contributed by atoms with Crippen LogP contribution in [0.25, 0.3) is 0 Å². The van der Waals surface area contributed by atoms with E-state index in [4.69, 9.17) is 13.3 Å². The molecule has 0 fully saturated rings. The highest BCUT2D eigenvalue weighted by Crippen LogP contribution is 1.91. The molecule has 0 heterocycles. The summed E-state index contributed by atoms with van der Waals surface area (Å²) in [6, 6.07) is 0. The minimum atomic E-state index is -1.73. The highest BCUT2D eigenvalue weighted by Gasteiger charge is 2.11. The molecular weight excluding hydrogens is 203 g/mol. The lowest BCUT2D eigenvalue weighted by Crippen LogP contribution is -2.27. The Bertz CT molecular complexity index is 71.5. The van der Waals surface area contributed by atoms with Gasteiger partial charge in [-0.05, 0) is 34.1 Å². The molecule has 0 aliphatic rings. The zero-order valence-electron chi connectivity index (χ0n) is 9.42. The third kappa shape index (κ3) is 15.3. The molecule has 0 N–H and O–H groups in total. The molecule has 0 atom stereocenters. The van der Waals surface area contributed by atoms with Crippen LogP contribution in [0.15, 0.2) is 0 Å². The van der Waals surface area contributed by atoms with Gasteiger partial charge in [-0.1, -0.05) is 0 Å². The van der Waals surface area contributed by atoms with Gasteiger partial charge in [-0.3, -0.25) is 0 Å². The van der Waals surface area contributed by atoms with Crippen LogP contribution in [0.5, 0.6) is 0 Å². The first-order valence-electron chi connectivity index (χ1n) is 4.69. The first-order valence-corrected chi connectivity index (χ1v) is 8.11. The Morgan fingerprint density at radius 2 is 1.08 bits per heavy atom. The van der Waals surface area contributed by atoms with E-state index >= 15 is 0 Å². The van der Waals surface area contributed by atoms with Gasteiger partial charge in [0.25, 0.3) is 0 Å². The second kappa shape index (κ2) is 15.0. The maximum absolute atomic E-state index is 5.22. The molecule has 0 saturated heterocycles. The topological polar surface area (TPSA) is 27.7 Å². The van der Waals surface area contributed by atoms with Gasteiger partial charge in [0.1, 0.15) is 0 Å². The van der Waals surface area contributed by atoms with E-state index in [0.29, 0.717) is 19.8 Å². The van der Waals surface area contributed by atoms with Crippen molar-refractivity contribution in [3.8, 4) is 0 Å². The van der Waals surface area contributed by atoms with Gasteiger partial charge in [-0.2, -0.15) is 0 Å². The lowest BCUT2D eigenvalue weighted by molar-refractivity contribution is 0.107. The van der Waals surface area contributed by atoms with Crippen molar-refractivity contribution in [3.05, 3.63) is 0 Å². The molecule has 82 valence electrons. The average Bonchev–Trinajstić information content (AvgIpc) is 2.07. The third-order valence-electron chi connectivity index (χ3n) is 0.908. The number of hydrogen-bond acceptors (Lipinski definition) is 3. The second-order valence-electron chi connectivity index (χ2n) is 2.15. The van der Waals surface area contributed by atoms with E-state index in [2.05, 4.69) is 13.3 Å². The van der Waals surface area contributed by atoms with Crippen LogP contribution in [0.4, 0.5) is 0 Å². The summed E-state index contributed by atoms with van der Waals surface area (Å²) < 4.78 is 15.7. The van der Waals surface area contributed by atoms with Gasteiger partial charge in [0, 0.05) is 19.8 Å². The number of hydrogen-bond donors (Lipinski definition) is 0. The second-order valence-corrected chi connectivity index (χ2v) is 4.73. The zero-order chi connectivity index (χ0) is 10.5. The first-order chi connectivity index (χ1) is 6.26. The van der Waals surface area contributed by atoms with Gasteiger partial charge in [0.05, 0.1) is 0 Å². The molecule has 0 bridgehead atoms. The molecule has 13 heavy (non-hydrogen) atoms. The summed E-state index contributed by atoms with van der Waals surface area (Å²) in [7, 11) is -0.650. The largest absolute Gasteiger partial charge is 0.484 e. The third-order valence-corrected chi connectivity index (χ3v) is 2.72. The van der Waals surface area contributed by atoms with Crippen molar-refractivity contribution in [2.45, 2.75) is 20.8 Å². The standard InChI is InChI=1S/C6H16O3Si.C2H7P/c1-4-7-10(8-5-2)9-6-3;1-3-2/h10H,4-6H2,1-3H3;3H,1-2H3.